The van der Waals surface area contributed by atoms with E-state index in [2.05, 4.69) is 5.32 Å². The molecule has 0 aliphatic heterocycles. The van der Waals surface area contributed by atoms with Crippen LogP contribution in [-0.2, 0) is 16.1 Å². The summed E-state index contributed by atoms with van der Waals surface area (Å²) >= 11 is 0. The van der Waals surface area contributed by atoms with Gasteiger partial charge in [0.1, 0.15) is 17.3 Å². The molecule has 21 heavy (non-hydrogen) atoms. The molecular weight excluding hydrogens is 268 g/mol. The first-order valence-electron chi connectivity index (χ1n) is 7.34. The van der Waals surface area contributed by atoms with E-state index in [4.69, 9.17) is 4.74 Å². The van der Waals surface area contributed by atoms with Crippen LogP contribution in [0.1, 0.15) is 52.0 Å². The highest BCUT2D eigenvalue weighted by Crippen LogP contribution is 2.13. The number of carbonyl (C=O) groups is 2. The van der Waals surface area contributed by atoms with E-state index in [-0.39, 0.29) is 11.8 Å². The quantitative estimate of drug-likeness (QED) is 0.849. The van der Waals surface area contributed by atoms with Gasteiger partial charge in [-0.15, -0.1) is 0 Å². The van der Waals surface area contributed by atoms with Gasteiger partial charge in [-0.05, 0) is 45.7 Å². The Morgan fingerprint density at radius 1 is 1.33 bits per heavy atom. The maximum absolute atomic E-state index is 12.3. The molecule has 0 radical (unpaired) electrons. The van der Waals surface area contributed by atoms with Gasteiger partial charge in [-0.3, -0.25) is 4.79 Å². The zero-order valence-electron chi connectivity index (χ0n) is 13.8. The highest BCUT2D eigenvalue weighted by Gasteiger charge is 2.29. The van der Waals surface area contributed by atoms with Crippen molar-refractivity contribution in [1.29, 1.82) is 0 Å². The number of hydrogen-bond acceptors (Lipinski definition) is 3. The molecule has 5 nitrogen and oxygen atoms in total. The third-order valence-corrected chi connectivity index (χ3v) is 3.02. The molecule has 0 aliphatic carbocycles. The minimum atomic E-state index is -0.656. The molecule has 5 heteroatoms. The van der Waals surface area contributed by atoms with Gasteiger partial charge >= 0.3 is 5.97 Å². The van der Waals surface area contributed by atoms with E-state index < -0.39 is 17.6 Å². The van der Waals surface area contributed by atoms with Crippen molar-refractivity contribution in [2.45, 2.75) is 59.7 Å². The van der Waals surface area contributed by atoms with Crippen molar-refractivity contribution in [3.8, 4) is 0 Å². The van der Waals surface area contributed by atoms with Gasteiger partial charge in [0.15, 0.2) is 0 Å². The van der Waals surface area contributed by atoms with Crippen LogP contribution in [0.5, 0.6) is 0 Å². The zero-order valence-corrected chi connectivity index (χ0v) is 13.8. The van der Waals surface area contributed by atoms with Crippen LogP contribution >= 0.6 is 0 Å². The monoisotopic (exact) mass is 294 g/mol. The Morgan fingerprint density at radius 3 is 2.43 bits per heavy atom. The number of nitrogens with zero attached hydrogens (tertiary/aromatic N) is 1. The number of carbonyl (C=O) groups excluding carboxylic acids is 2. The van der Waals surface area contributed by atoms with E-state index in [0.29, 0.717) is 12.2 Å². The predicted octanol–water partition coefficient (Wildman–Crippen LogP) is 2.60. The summed E-state index contributed by atoms with van der Waals surface area (Å²) in [5.74, 6) is -0.708. The molecule has 1 heterocycles. The molecular formula is C16H26N2O3. The molecule has 0 fully saturated rings. The number of rotatable bonds is 5. The molecule has 0 bridgehead atoms. The lowest BCUT2D eigenvalue weighted by atomic mass is 10.0. The van der Waals surface area contributed by atoms with E-state index in [0.717, 1.165) is 0 Å². The second-order valence-electron chi connectivity index (χ2n) is 6.41. The third-order valence-electron chi connectivity index (χ3n) is 3.02. The van der Waals surface area contributed by atoms with Gasteiger partial charge in [-0.25, -0.2) is 4.79 Å². The number of aromatic nitrogens is 1. The Morgan fingerprint density at radius 2 is 1.95 bits per heavy atom. The standard InChI is InChI=1S/C16H26N2O3/c1-7-18-10-8-9-12(18)14(19)17-13(11(2)3)15(20)21-16(4,5)6/h8-11,13H,7H2,1-6H3,(H,17,19)/t13-/m1/s1. The summed E-state index contributed by atoms with van der Waals surface area (Å²) in [4.78, 5) is 24.5. The number of nitrogens with one attached hydrogen (secondary N) is 1. The van der Waals surface area contributed by atoms with Gasteiger partial charge < -0.3 is 14.6 Å². The lowest BCUT2D eigenvalue weighted by Crippen LogP contribution is -2.47. The van der Waals surface area contributed by atoms with Crippen molar-refractivity contribution >= 4 is 11.9 Å². The molecule has 0 saturated heterocycles. The number of amides is 1. The van der Waals surface area contributed by atoms with Gasteiger partial charge in [-0.1, -0.05) is 13.8 Å². The molecule has 0 aliphatic rings. The Bertz CT molecular complexity index is 498. The summed E-state index contributed by atoms with van der Waals surface area (Å²) in [7, 11) is 0. The van der Waals surface area contributed by atoms with E-state index >= 15 is 0 Å². The number of ether oxygens (including phenoxy) is 1. The first-order valence-corrected chi connectivity index (χ1v) is 7.34. The molecule has 0 saturated carbocycles. The van der Waals surface area contributed by atoms with Crippen LogP contribution in [0.3, 0.4) is 0 Å². The van der Waals surface area contributed by atoms with Crippen molar-refractivity contribution in [1.82, 2.24) is 9.88 Å². The van der Waals surface area contributed by atoms with Gasteiger partial charge in [0.2, 0.25) is 0 Å². The highest BCUT2D eigenvalue weighted by molar-refractivity contribution is 5.95. The Kier molecular flexibility index (Phi) is 5.58. The molecule has 1 aromatic rings. The Balaban J connectivity index is 2.84. The lowest BCUT2D eigenvalue weighted by Gasteiger charge is -2.26. The first-order chi connectivity index (χ1) is 9.65. The second kappa shape index (κ2) is 6.78. The molecule has 1 atom stereocenters. The SMILES string of the molecule is CCn1cccc1C(=O)N[C@@H](C(=O)OC(C)(C)C)C(C)C. The van der Waals surface area contributed by atoms with Crippen molar-refractivity contribution in [2.75, 3.05) is 0 Å². The average molecular weight is 294 g/mol. The summed E-state index contributed by atoms with van der Waals surface area (Å²) in [6.07, 6.45) is 1.84. The van der Waals surface area contributed by atoms with Crippen LogP contribution in [0, 0.1) is 5.92 Å². The molecule has 118 valence electrons. The lowest BCUT2D eigenvalue weighted by molar-refractivity contribution is -0.158. The van der Waals surface area contributed by atoms with Gasteiger partial charge in [-0.2, -0.15) is 0 Å². The smallest absolute Gasteiger partial charge is 0.329 e. The van der Waals surface area contributed by atoms with Crippen molar-refractivity contribution in [3.63, 3.8) is 0 Å². The summed E-state index contributed by atoms with van der Waals surface area (Å²) in [6, 6.07) is 2.90. The Labute approximate surface area is 126 Å². The fourth-order valence-corrected chi connectivity index (χ4v) is 1.97. The van der Waals surface area contributed by atoms with E-state index in [1.807, 2.05) is 58.4 Å². The van der Waals surface area contributed by atoms with Crippen molar-refractivity contribution in [2.24, 2.45) is 5.92 Å². The molecule has 1 N–H and O–H groups in total. The Hall–Kier alpha value is -1.78. The van der Waals surface area contributed by atoms with Crippen molar-refractivity contribution < 1.29 is 14.3 Å². The highest BCUT2D eigenvalue weighted by atomic mass is 16.6. The van der Waals surface area contributed by atoms with Gasteiger partial charge in [0, 0.05) is 12.7 Å². The van der Waals surface area contributed by atoms with Crippen molar-refractivity contribution in [3.05, 3.63) is 24.0 Å². The average Bonchev–Trinajstić information content (AvgIpc) is 2.81. The summed E-state index contributed by atoms with van der Waals surface area (Å²) in [5.41, 5.74) is -0.0230. The van der Waals surface area contributed by atoms with Crippen LogP contribution in [0.25, 0.3) is 0 Å². The molecule has 1 amide bonds. The largest absolute Gasteiger partial charge is 0.458 e. The predicted molar refractivity (Wildman–Crippen MR) is 82.0 cm³/mol. The van der Waals surface area contributed by atoms with E-state index in [1.54, 1.807) is 6.07 Å². The first kappa shape index (κ1) is 17.3. The molecule has 0 aromatic carbocycles. The van der Waals surface area contributed by atoms with Gasteiger partial charge in [0.05, 0.1) is 0 Å². The molecule has 1 rings (SSSR count). The van der Waals surface area contributed by atoms with Gasteiger partial charge in [0.25, 0.3) is 5.91 Å². The minimum Gasteiger partial charge on any atom is -0.458 e. The van der Waals surface area contributed by atoms with Crippen LogP contribution in [0.2, 0.25) is 0 Å². The summed E-state index contributed by atoms with van der Waals surface area (Å²) in [6.45, 7) is 11.9. The third kappa shape index (κ3) is 4.92. The van der Waals surface area contributed by atoms with Crippen LogP contribution in [0.4, 0.5) is 0 Å². The maximum Gasteiger partial charge on any atom is 0.329 e. The maximum atomic E-state index is 12.3. The normalized spacial score (nSPS) is 13.1. The van der Waals surface area contributed by atoms with E-state index in [1.165, 1.54) is 0 Å². The number of esters is 1. The number of aryl methyl sites for hydroxylation is 1. The molecule has 0 spiro atoms. The second-order valence-corrected chi connectivity index (χ2v) is 6.41. The zero-order chi connectivity index (χ0) is 16.2. The molecule has 0 unspecified atom stereocenters. The van der Waals surface area contributed by atoms with E-state index in [9.17, 15) is 9.59 Å². The molecule has 1 aromatic heterocycles. The van der Waals surface area contributed by atoms with Crippen LogP contribution < -0.4 is 5.32 Å². The van der Waals surface area contributed by atoms with Crippen LogP contribution in [-0.4, -0.2) is 28.1 Å². The minimum absolute atomic E-state index is 0.0474. The van der Waals surface area contributed by atoms with Crippen LogP contribution in [0.15, 0.2) is 18.3 Å². The summed E-state index contributed by atoms with van der Waals surface area (Å²) < 4.78 is 7.21. The summed E-state index contributed by atoms with van der Waals surface area (Å²) in [5, 5.41) is 2.78. The topological polar surface area (TPSA) is 60.3 Å². The fraction of sp³-hybridized carbons (Fsp3) is 0.625. The number of hydrogen-bond donors (Lipinski definition) is 1. The fourth-order valence-electron chi connectivity index (χ4n) is 1.97.